The third-order valence-electron chi connectivity index (χ3n) is 2.64. The van der Waals surface area contributed by atoms with Crippen molar-refractivity contribution < 1.29 is 0 Å². The lowest BCUT2D eigenvalue weighted by molar-refractivity contribution is 0.724. The van der Waals surface area contributed by atoms with E-state index in [1.165, 1.54) is 11.5 Å². The van der Waals surface area contributed by atoms with Crippen LogP contribution in [-0.4, -0.2) is 30.8 Å². The van der Waals surface area contributed by atoms with Gasteiger partial charge in [-0.05, 0) is 6.07 Å². The molecular formula is C10H10N6OS. The summed E-state index contributed by atoms with van der Waals surface area (Å²) in [4.78, 5) is 12.2. The number of hydrogen-bond acceptors (Lipinski definition) is 6. The van der Waals surface area contributed by atoms with Crippen molar-refractivity contribution in [3.63, 3.8) is 0 Å². The topological polar surface area (TPSA) is 77.1 Å². The number of aromatic nitrogens is 5. The van der Waals surface area contributed by atoms with E-state index in [-0.39, 0.29) is 5.56 Å². The molecule has 0 atom stereocenters. The van der Waals surface area contributed by atoms with Crippen LogP contribution in [-0.2, 0) is 6.54 Å². The van der Waals surface area contributed by atoms with Crippen molar-refractivity contribution in [2.75, 3.05) is 12.4 Å². The summed E-state index contributed by atoms with van der Waals surface area (Å²) in [6.07, 6.45) is 5.04. The highest BCUT2D eigenvalue weighted by Crippen LogP contribution is 2.16. The maximum Gasteiger partial charge on any atom is 0.276 e. The third kappa shape index (κ3) is 1.66. The van der Waals surface area contributed by atoms with Crippen molar-refractivity contribution in [1.29, 1.82) is 0 Å². The summed E-state index contributed by atoms with van der Waals surface area (Å²) in [6.45, 7) is 0.396. The highest BCUT2D eigenvalue weighted by molar-refractivity contribution is 7.10. The van der Waals surface area contributed by atoms with Crippen LogP contribution in [0.1, 0.15) is 5.69 Å². The van der Waals surface area contributed by atoms with E-state index in [2.05, 4.69) is 20.0 Å². The number of nitrogens with zero attached hydrogens (tertiary/aromatic N) is 5. The van der Waals surface area contributed by atoms with E-state index >= 15 is 0 Å². The molecule has 3 heterocycles. The smallest absolute Gasteiger partial charge is 0.276 e. The molecule has 1 N–H and O–H groups in total. The Morgan fingerprint density at radius 3 is 3.17 bits per heavy atom. The van der Waals surface area contributed by atoms with Crippen LogP contribution in [0.15, 0.2) is 29.5 Å². The second-order valence-electron chi connectivity index (χ2n) is 3.69. The lowest BCUT2D eigenvalue weighted by atomic mass is 10.4. The highest BCUT2D eigenvalue weighted by Gasteiger charge is 2.09. The molecule has 3 rings (SSSR count). The first kappa shape index (κ1) is 10.9. The molecule has 0 aromatic carbocycles. The molecule has 0 aliphatic carbocycles. The minimum atomic E-state index is -0.0925. The van der Waals surface area contributed by atoms with Gasteiger partial charge in [-0.3, -0.25) is 4.79 Å². The summed E-state index contributed by atoms with van der Waals surface area (Å²) < 4.78 is 7.01. The SMILES string of the molecule is CNc1snnc1Cn1ccn2nccc2c1=O. The van der Waals surface area contributed by atoms with Crippen LogP contribution in [0.25, 0.3) is 5.52 Å². The number of hydrogen-bond donors (Lipinski definition) is 1. The lowest BCUT2D eigenvalue weighted by Crippen LogP contribution is -2.22. The van der Waals surface area contributed by atoms with E-state index in [1.54, 1.807) is 33.7 Å². The Balaban J connectivity index is 2.05. The molecule has 8 heteroatoms. The molecule has 3 aromatic heterocycles. The Bertz CT molecular complexity index is 742. The molecule has 0 aliphatic rings. The van der Waals surface area contributed by atoms with E-state index < -0.39 is 0 Å². The van der Waals surface area contributed by atoms with E-state index in [0.717, 1.165) is 10.7 Å². The van der Waals surface area contributed by atoms with E-state index in [9.17, 15) is 4.79 Å². The van der Waals surface area contributed by atoms with Gasteiger partial charge in [-0.15, -0.1) is 5.10 Å². The number of anilines is 1. The Labute approximate surface area is 106 Å². The number of nitrogens with one attached hydrogen (secondary N) is 1. The van der Waals surface area contributed by atoms with Crippen LogP contribution in [0.5, 0.6) is 0 Å². The molecule has 0 amide bonds. The Kier molecular flexibility index (Phi) is 2.56. The normalized spacial score (nSPS) is 10.9. The molecule has 0 saturated heterocycles. The molecule has 0 spiro atoms. The van der Waals surface area contributed by atoms with Crippen molar-refractivity contribution in [3.8, 4) is 0 Å². The summed E-state index contributed by atoms with van der Waals surface area (Å²) in [7, 11) is 1.81. The van der Waals surface area contributed by atoms with Gasteiger partial charge in [0.15, 0.2) is 0 Å². The van der Waals surface area contributed by atoms with Crippen LogP contribution in [0.2, 0.25) is 0 Å². The van der Waals surface area contributed by atoms with Gasteiger partial charge in [0.2, 0.25) is 0 Å². The second-order valence-corrected chi connectivity index (χ2v) is 4.45. The first-order chi connectivity index (χ1) is 8.79. The monoisotopic (exact) mass is 262 g/mol. The average molecular weight is 262 g/mol. The molecule has 0 bridgehead atoms. The van der Waals surface area contributed by atoms with Crippen molar-refractivity contribution >= 4 is 22.1 Å². The highest BCUT2D eigenvalue weighted by atomic mass is 32.1. The molecule has 0 unspecified atom stereocenters. The molecule has 0 radical (unpaired) electrons. The molecule has 0 saturated carbocycles. The van der Waals surface area contributed by atoms with Crippen LogP contribution in [0, 0.1) is 0 Å². The standard InChI is InChI=1S/C10H10N6OS/c1-11-9-7(13-14-18-9)6-15-4-5-16-8(10(15)17)2-3-12-16/h2-5,11H,6H2,1H3. The van der Waals surface area contributed by atoms with Gasteiger partial charge in [-0.2, -0.15) is 5.10 Å². The van der Waals surface area contributed by atoms with E-state index in [4.69, 9.17) is 0 Å². The summed E-state index contributed by atoms with van der Waals surface area (Å²) in [6, 6.07) is 1.69. The fraction of sp³-hybridized carbons (Fsp3) is 0.200. The van der Waals surface area contributed by atoms with Gasteiger partial charge < -0.3 is 9.88 Å². The first-order valence-electron chi connectivity index (χ1n) is 5.31. The van der Waals surface area contributed by atoms with Crippen molar-refractivity contribution in [2.45, 2.75) is 6.54 Å². The van der Waals surface area contributed by atoms with Gasteiger partial charge in [0.25, 0.3) is 5.56 Å². The first-order valence-corrected chi connectivity index (χ1v) is 6.08. The van der Waals surface area contributed by atoms with Crippen molar-refractivity contribution in [1.82, 2.24) is 23.8 Å². The quantitative estimate of drug-likeness (QED) is 0.741. The zero-order valence-electron chi connectivity index (χ0n) is 9.57. The predicted molar refractivity (Wildman–Crippen MR) is 68.0 cm³/mol. The molecular weight excluding hydrogens is 252 g/mol. The molecule has 0 fully saturated rings. The minimum Gasteiger partial charge on any atom is -0.377 e. The third-order valence-corrected chi connectivity index (χ3v) is 3.43. The van der Waals surface area contributed by atoms with Crippen LogP contribution in [0.4, 0.5) is 5.00 Å². The zero-order chi connectivity index (χ0) is 12.5. The van der Waals surface area contributed by atoms with E-state index in [1.807, 2.05) is 7.05 Å². The molecule has 7 nitrogen and oxygen atoms in total. The lowest BCUT2D eigenvalue weighted by Gasteiger charge is -2.05. The summed E-state index contributed by atoms with van der Waals surface area (Å²) in [5, 5.41) is 11.9. The van der Waals surface area contributed by atoms with Crippen molar-refractivity contribution in [2.24, 2.45) is 0 Å². The van der Waals surface area contributed by atoms with Gasteiger partial charge in [0.1, 0.15) is 16.2 Å². The zero-order valence-corrected chi connectivity index (χ0v) is 10.4. The van der Waals surface area contributed by atoms with Crippen LogP contribution >= 0.6 is 11.5 Å². The van der Waals surface area contributed by atoms with Crippen LogP contribution in [0.3, 0.4) is 0 Å². The fourth-order valence-corrected chi connectivity index (χ4v) is 2.27. The minimum absolute atomic E-state index is 0.0925. The molecule has 92 valence electrons. The fourth-order valence-electron chi connectivity index (χ4n) is 1.75. The number of fused-ring (bicyclic) bond motifs is 1. The maximum atomic E-state index is 12.2. The predicted octanol–water partition coefficient (Wildman–Crippen LogP) is 0.437. The summed E-state index contributed by atoms with van der Waals surface area (Å²) in [5.41, 5.74) is 1.21. The van der Waals surface area contributed by atoms with Crippen LogP contribution < -0.4 is 10.9 Å². The second kappa shape index (κ2) is 4.22. The summed E-state index contributed by atoms with van der Waals surface area (Å²) in [5.74, 6) is 0. The van der Waals surface area contributed by atoms with Crippen molar-refractivity contribution in [3.05, 3.63) is 40.7 Å². The van der Waals surface area contributed by atoms with Gasteiger partial charge in [-0.25, -0.2) is 4.52 Å². The Morgan fingerprint density at radius 1 is 1.44 bits per heavy atom. The average Bonchev–Trinajstić information content (AvgIpc) is 3.01. The van der Waals surface area contributed by atoms with Gasteiger partial charge in [0, 0.05) is 31.0 Å². The Hall–Kier alpha value is -2.22. The number of rotatable bonds is 3. The van der Waals surface area contributed by atoms with E-state index in [0.29, 0.717) is 12.1 Å². The molecule has 0 aliphatic heterocycles. The summed E-state index contributed by atoms with van der Waals surface area (Å²) >= 11 is 1.27. The van der Waals surface area contributed by atoms with Gasteiger partial charge in [-0.1, -0.05) is 4.49 Å². The Morgan fingerprint density at radius 2 is 2.33 bits per heavy atom. The largest absolute Gasteiger partial charge is 0.377 e. The van der Waals surface area contributed by atoms with Gasteiger partial charge in [0.05, 0.1) is 12.7 Å². The van der Waals surface area contributed by atoms with Gasteiger partial charge >= 0.3 is 0 Å². The maximum absolute atomic E-state index is 12.2. The molecule has 3 aromatic rings. The molecule has 18 heavy (non-hydrogen) atoms.